The molecule has 1 amide bonds. The number of aromatic nitrogens is 2. The van der Waals surface area contributed by atoms with Crippen molar-refractivity contribution >= 4 is 44.4 Å². The number of fused-ring (bicyclic) bond motifs is 4. The van der Waals surface area contributed by atoms with Crippen molar-refractivity contribution in [3.63, 3.8) is 0 Å². The Balaban J connectivity index is 0.617. The molecule has 4 heterocycles. The first-order valence-electron chi connectivity index (χ1n) is 43.2. The summed E-state index contributed by atoms with van der Waals surface area (Å²) in [7, 11) is -4.40. The van der Waals surface area contributed by atoms with Crippen molar-refractivity contribution in [3.8, 4) is 11.5 Å². The molecule has 3 N–H and O–H groups in total. The van der Waals surface area contributed by atoms with Crippen LogP contribution in [0.15, 0.2) is 48.8 Å². The molecular weight excluding hydrogens is 1630 g/mol. The smallest absolute Gasteiger partial charge is 0.305 e. The van der Waals surface area contributed by atoms with Gasteiger partial charge in [0.05, 0.1) is 335 Å². The summed E-state index contributed by atoms with van der Waals surface area (Å²) < 4.78 is 179. The van der Waals surface area contributed by atoms with Gasteiger partial charge in [-0.15, -0.1) is 0 Å². The standard InChI is InChI=1S/C86H141N5O31S/c1-8-71-67-85(4,5)90(9-2)77-65-79-75(63-73(71)77)83(76-64-74-72(70-123(95,96)97)68-86(6,7)91(10-3)78(74)66-80(76)122-79)84-88-12-14-89(84)69-81(92)87-13-16-99-18-20-101-22-24-103-26-28-105-30-32-107-34-36-109-38-40-111-42-44-113-46-48-115-50-52-117-54-56-119-58-60-121-62-61-120-59-57-118-55-53-116-51-49-114-47-45-112-43-41-110-39-37-108-35-33-106-31-29-104-27-25-102-23-21-100-19-17-98-15-11-82(93)94/h12,14,63-68H,8-11,13,15-62,69-70H2,1-7H3,(H2-,87,92,93,94,95,96,97)/p+1. The number of nitrogens with one attached hydrogen (secondary N) is 1. The van der Waals surface area contributed by atoms with Gasteiger partial charge >= 0.3 is 5.97 Å². The fourth-order valence-corrected chi connectivity index (χ4v) is 13.8. The lowest BCUT2D eigenvalue weighted by atomic mass is 9.85. The minimum absolute atomic E-state index is 0.0144. The van der Waals surface area contributed by atoms with Crippen LogP contribution in [0.2, 0.25) is 0 Å². The molecule has 702 valence electrons. The second-order valence-electron chi connectivity index (χ2n) is 29.0. The van der Waals surface area contributed by atoms with E-state index in [0.29, 0.717) is 344 Å². The fraction of sp³-hybridized carbons (Fsp3) is 0.744. The molecule has 2 aromatic carbocycles. The first-order chi connectivity index (χ1) is 60.0. The van der Waals surface area contributed by atoms with Gasteiger partial charge in [0.1, 0.15) is 36.2 Å². The molecule has 1 aromatic heterocycles. The van der Waals surface area contributed by atoms with Gasteiger partial charge in [-0.25, -0.2) is 9.56 Å². The van der Waals surface area contributed by atoms with E-state index >= 15 is 0 Å². The van der Waals surface area contributed by atoms with Crippen molar-refractivity contribution in [1.29, 1.82) is 0 Å². The zero-order valence-corrected chi connectivity index (χ0v) is 74.8. The number of anilines is 1. The van der Waals surface area contributed by atoms with Crippen LogP contribution < -0.4 is 30.1 Å². The minimum atomic E-state index is -4.40. The van der Waals surface area contributed by atoms with Crippen LogP contribution in [-0.2, 0) is 140 Å². The van der Waals surface area contributed by atoms with E-state index in [0.717, 1.165) is 40.4 Å². The van der Waals surface area contributed by atoms with E-state index in [4.69, 9.17) is 129 Å². The SMILES string of the molecule is CCC1=CC(C)(C)[N+](CC)=c2cc3c(cc21)=C(c1nccn1CC(=O)NCCOCCOCCOCCOCCOCCOCCOCCOCCOCCOCCOCCOCCOCCOCCOCCOCCOCCOCCOCCOCCOCCOCCOCCOCCC(=O)O)c1cc2c(cc1O3)N(CC)C(C)(C)C=C2CS(=O)(=O)O. The summed E-state index contributed by atoms with van der Waals surface area (Å²) in [6.45, 7) is 37.5. The molecule has 0 bridgehead atoms. The highest BCUT2D eigenvalue weighted by molar-refractivity contribution is 7.86. The molecule has 6 rings (SSSR count). The number of hydrogen-bond acceptors (Lipinski definition) is 31. The lowest BCUT2D eigenvalue weighted by Crippen LogP contribution is -2.49. The van der Waals surface area contributed by atoms with Crippen LogP contribution in [0.5, 0.6) is 11.5 Å². The van der Waals surface area contributed by atoms with E-state index < -0.39 is 27.4 Å². The number of carbonyl (C=O) groups excluding carboxylic acids is 1. The molecule has 0 unspecified atom stereocenters. The van der Waals surface area contributed by atoms with Gasteiger partial charge in [0, 0.05) is 78.6 Å². The maximum absolute atomic E-state index is 13.7. The number of allylic oxidation sites excluding steroid dienone is 1. The molecule has 0 radical (unpaired) electrons. The second kappa shape index (κ2) is 65.8. The highest BCUT2D eigenvalue weighted by Gasteiger charge is 2.38. The molecule has 3 aromatic rings. The van der Waals surface area contributed by atoms with E-state index in [-0.39, 0.29) is 44.2 Å². The van der Waals surface area contributed by atoms with Crippen LogP contribution in [-0.4, -0.2) is 393 Å². The third-order valence-electron chi connectivity index (χ3n) is 18.9. The van der Waals surface area contributed by atoms with Gasteiger partial charge in [-0.05, 0) is 63.5 Å². The molecule has 0 saturated carbocycles. The van der Waals surface area contributed by atoms with Crippen molar-refractivity contribution in [3.05, 3.63) is 81.9 Å². The molecular formula is C86H142N5O31S+. The van der Waals surface area contributed by atoms with Crippen molar-refractivity contribution in [1.82, 2.24) is 19.4 Å². The lowest BCUT2D eigenvalue weighted by molar-refractivity contribution is -0.138. The number of carboxylic acids is 1. The summed E-state index contributed by atoms with van der Waals surface area (Å²) in [5.41, 5.74) is 4.80. The van der Waals surface area contributed by atoms with Crippen LogP contribution in [0.25, 0.3) is 16.7 Å². The van der Waals surface area contributed by atoms with E-state index in [1.165, 1.54) is 5.57 Å². The van der Waals surface area contributed by atoms with E-state index in [1.807, 2.05) is 43.5 Å². The van der Waals surface area contributed by atoms with Crippen LogP contribution in [0.1, 0.15) is 83.8 Å². The molecule has 0 saturated heterocycles. The molecule has 37 heteroatoms. The number of rotatable bonds is 83. The average Bonchev–Trinajstić information content (AvgIpc) is 1.35. The number of carboxylic acid groups (broad SMARTS) is 1. The Hall–Kier alpha value is -5.71. The van der Waals surface area contributed by atoms with Crippen molar-refractivity contribution < 1.29 is 146 Å². The summed E-state index contributed by atoms with van der Waals surface area (Å²) in [5, 5.41) is 13.4. The summed E-state index contributed by atoms with van der Waals surface area (Å²) >= 11 is 0. The number of carbonyl (C=O) groups is 2. The van der Waals surface area contributed by atoms with Crippen LogP contribution in [0.4, 0.5) is 5.69 Å². The minimum Gasteiger partial charge on any atom is -0.481 e. The van der Waals surface area contributed by atoms with E-state index in [1.54, 1.807) is 12.4 Å². The molecule has 36 nitrogen and oxygen atoms in total. The number of likely N-dealkylation sites (N-methyl/N-ethyl adjacent to an activating group) is 2. The molecule has 0 spiro atoms. The third-order valence-corrected chi connectivity index (χ3v) is 19.5. The number of nitrogens with zero attached hydrogens (tertiary/aromatic N) is 4. The van der Waals surface area contributed by atoms with Gasteiger partial charge in [-0.3, -0.25) is 14.1 Å². The molecule has 3 aliphatic rings. The second-order valence-corrected chi connectivity index (χ2v) is 30.4. The predicted octanol–water partition coefficient (Wildman–Crippen LogP) is 4.21. The monoisotopic (exact) mass is 1770 g/mol. The zero-order chi connectivity index (χ0) is 88.0. The maximum atomic E-state index is 13.7. The predicted molar refractivity (Wildman–Crippen MR) is 457 cm³/mol. The Morgan fingerprint density at radius 1 is 0.431 bits per heavy atom. The average molecular weight is 1770 g/mol. The molecule has 0 atom stereocenters. The summed E-state index contributed by atoms with van der Waals surface area (Å²) in [6.07, 6.45) is 8.47. The van der Waals surface area contributed by atoms with Crippen LogP contribution >= 0.6 is 0 Å². The normalized spacial score (nSPS) is 14.1. The highest BCUT2D eigenvalue weighted by atomic mass is 32.2. The Bertz CT molecular complexity index is 3640. The molecule has 0 aliphatic carbocycles. The van der Waals surface area contributed by atoms with Gasteiger partial charge in [0.2, 0.25) is 11.3 Å². The van der Waals surface area contributed by atoms with Gasteiger partial charge in [-0.1, -0.05) is 13.0 Å². The van der Waals surface area contributed by atoms with Crippen LogP contribution in [0.3, 0.4) is 0 Å². The largest absolute Gasteiger partial charge is 0.481 e. The number of ether oxygens (including phenoxy) is 25. The fourth-order valence-electron chi connectivity index (χ4n) is 13.2. The number of aliphatic carboxylic acids is 1. The number of amides is 1. The lowest BCUT2D eigenvalue weighted by Gasteiger charge is -2.43. The Labute approximate surface area is 726 Å². The van der Waals surface area contributed by atoms with Crippen molar-refractivity contribution in [2.45, 2.75) is 78.9 Å². The van der Waals surface area contributed by atoms with Gasteiger partial charge < -0.3 is 138 Å². The topological polar surface area (TPSA) is 376 Å². The summed E-state index contributed by atoms with van der Waals surface area (Å²) in [5.74, 6) is 0.0595. The Morgan fingerprint density at radius 3 is 1.09 bits per heavy atom. The first-order valence-corrected chi connectivity index (χ1v) is 44.8. The van der Waals surface area contributed by atoms with Crippen molar-refractivity contribution in [2.24, 2.45) is 0 Å². The van der Waals surface area contributed by atoms with Crippen LogP contribution in [0, 0.1) is 0 Å². The Kier molecular flexibility index (Phi) is 56.7. The van der Waals surface area contributed by atoms with Gasteiger partial charge in [0.15, 0.2) is 5.54 Å². The summed E-state index contributed by atoms with van der Waals surface area (Å²) in [6, 6.07) is 8.18. The Morgan fingerprint density at radius 2 is 0.772 bits per heavy atom. The number of hydrogen-bond donors (Lipinski definition) is 3. The molecule has 123 heavy (non-hydrogen) atoms. The first kappa shape index (κ1) is 106. The number of benzene rings is 2. The van der Waals surface area contributed by atoms with Crippen molar-refractivity contribution in [2.75, 3.05) is 347 Å². The van der Waals surface area contributed by atoms with Gasteiger partial charge in [-0.2, -0.15) is 8.42 Å². The third kappa shape index (κ3) is 45.2. The quantitative estimate of drug-likeness (QED) is 0.0316. The highest BCUT2D eigenvalue weighted by Crippen LogP contribution is 2.47. The molecule has 3 aliphatic heterocycles. The zero-order valence-electron chi connectivity index (χ0n) is 73.9. The van der Waals surface area contributed by atoms with E-state index in [2.05, 4.69) is 60.7 Å². The number of imidazole rings is 1. The summed E-state index contributed by atoms with van der Waals surface area (Å²) in [4.78, 5) is 31.1. The van der Waals surface area contributed by atoms with Gasteiger partial charge in [0.25, 0.3) is 10.1 Å². The van der Waals surface area contributed by atoms with E-state index in [9.17, 15) is 22.6 Å². The maximum Gasteiger partial charge on any atom is 0.305 e. The molecule has 0 fully saturated rings.